The first-order chi connectivity index (χ1) is 12.2. The summed E-state index contributed by atoms with van der Waals surface area (Å²) in [5, 5.41) is 3.82. The second kappa shape index (κ2) is 7.94. The van der Waals surface area contributed by atoms with E-state index in [1.165, 1.54) is 31.3 Å². The van der Waals surface area contributed by atoms with Crippen molar-refractivity contribution in [3.8, 4) is 0 Å². The van der Waals surface area contributed by atoms with Crippen LogP contribution in [0.15, 0.2) is 48.8 Å². The molecule has 0 radical (unpaired) electrons. The summed E-state index contributed by atoms with van der Waals surface area (Å²) in [6, 6.07) is 12.5. The molecule has 5 nitrogen and oxygen atoms in total. The average molecular weight is 357 g/mol. The van der Waals surface area contributed by atoms with Crippen molar-refractivity contribution in [3.63, 3.8) is 0 Å². The van der Waals surface area contributed by atoms with E-state index in [-0.39, 0.29) is 17.3 Å². The van der Waals surface area contributed by atoms with Gasteiger partial charge < -0.3 is 10.1 Å². The lowest BCUT2D eigenvalue weighted by molar-refractivity contribution is -0.137. The highest BCUT2D eigenvalue weighted by Crippen LogP contribution is 2.25. The fourth-order valence-electron chi connectivity index (χ4n) is 2.34. The lowest BCUT2D eigenvalue weighted by Crippen LogP contribution is -2.03. The predicted molar refractivity (Wildman–Crippen MR) is 97.4 cm³/mol. The quantitative estimate of drug-likeness (QED) is 0.675. The highest BCUT2D eigenvalue weighted by molar-refractivity contribution is 7.99. The number of aromatic nitrogens is 2. The van der Waals surface area contributed by atoms with Crippen molar-refractivity contribution in [3.05, 3.63) is 60.2 Å². The zero-order chi connectivity index (χ0) is 17.6. The molecule has 1 heterocycles. The summed E-state index contributed by atoms with van der Waals surface area (Å²) in [5.41, 5.74) is 2.17. The Balaban J connectivity index is 1.77. The summed E-state index contributed by atoms with van der Waals surface area (Å²) >= 11 is 1.48. The lowest BCUT2D eigenvalue weighted by Gasteiger charge is -2.10. The minimum atomic E-state index is -0.379. The van der Waals surface area contributed by atoms with Gasteiger partial charge in [-0.15, -0.1) is 11.8 Å². The molecule has 3 rings (SSSR count). The Morgan fingerprint density at radius 3 is 2.92 bits per heavy atom. The number of halogens is 1. The Labute approximate surface area is 148 Å². The van der Waals surface area contributed by atoms with E-state index in [2.05, 4.69) is 20.0 Å². The first-order valence-electron chi connectivity index (χ1n) is 7.57. The molecule has 0 unspecified atom stereocenters. The number of rotatable bonds is 6. The topological polar surface area (TPSA) is 64.1 Å². The number of benzene rings is 2. The van der Waals surface area contributed by atoms with Crippen molar-refractivity contribution in [2.75, 3.05) is 18.2 Å². The van der Waals surface area contributed by atoms with Gasteiger partial charge in [-0.05, 0) is 29.8 Å². The van der Waals surface area contributed by atoms with Gasteiger partial charge in [-0.3, -0.25) is 4.79 Å². The van der Waals surface area contributed by atoms with Gasteiger partial charge in [-0.25, -0.2) is 14.4 Å². The summed E-state index contributed by atoms with van der Waals surface area (Å²) in [7, 11) is 1.38. The molecule has 0 spiro atoms. The van der Waals surface area contributed by atoms with E-state index in [4.69, 9.17) is 0 Å². The number of anilines is 2. The summed E-state index contributed by atoms with van der Waals surface area (Å²) in [6.45, 7) is 0. The van der Waals surface area contributed by atoms with Crippen molar-refractivity contribution in [1.29, 1.82) is 0 Å². The molecule has 1 N–H and O–H groups in total. The van der Waals surface area contributed by atoms with Gasteiger partial charge in [0, 0.05) is 16.8 Å². The summed E-state index contributed by atoms with van der Waals surface area (Å²) in [5.74, 6) is 0.918. The SMILES string of the molecule is COC(=O)CSCc1cccc(Nc2ncnc3c(F)cccc23)c1. The van der Waals surface area contributed by atoms with Crippen molar-refractivity contribution in [1.82, 2.24) is 9.97 Å². The number of carbonyl (C=O) groups is 1. The highest BCUT2D eigenvalue weighted by Gasteiger charge is 2.08. The third kappa shape index (κ3) is 4.24. The smallest absolute Gasteiger partial charge is 0.315 e. The molecule has 0 aliphatic carbocycles. The number of para-hydroxylation sites is 1. The van der Waals surface area contributed by atoms with Gasteiger partial charge in [0.15, 0.2) is 0 Å². The predicted octanol–water partition coefficient (Wildman–Crippen LogP) is 3.92. The second-order valence-corrected chi connectivity index (χ2v) is 6.24. The summed E-state index contributed by atoms with van der Waals surface area (Å²) in [6.07, 6.45) is 1.34. The van der Waals surface area contributed by atoms with E-state index >= 15 is 0 Å². The molecule has 3 aromatic rings. The Kier molecular flexibility index (Phi) is 5.45. The van der Waals surface area contributed by atoms with Crippen LogP contribution in [-0.2, 0) is 15.3 Å². The maximum atomic E-state index is 13.8. The van der Waals surface area contributed by atoms with Gasteiger partial charge in [-0.1, -0.05) is 18.2 Å². The first-order valence-corrected chi connectivity index (χ1v) is 8.72. The minimum absolute atomic E-state index is 0.242. The van der Waals surface area contributed by atoms with Crippen molar-refractivity contribution < 1.29 is 13.9 Å². The Morgan fingerprint density at radius 2 is 2.08 bits per heavy atom. The number of hydrogen-bond donors (Lipinski definition) is 1. The van der Waals surface area contributed by atoms with Crippen LogP contribution in [0.3, 0.4) is 0 Å². The van der Waals surface area contributed by atoms with Gasteiger partial charge in [0.2, 0.25) is 0 Å². The van der Waals surface area contributed by atoms with E-state index in [9.17, 15) is 9.18 Å². The van der Waals surface area contributed by atoms with Crippen LogP contribution in [0.25, 0.3) is 10.9 Å². The molecule has 0 saturated heterocycles. The van der Waals surface area contributed by atoms with Gasteiger partial charge >= 0.3 is 5.97 Å². The molecule has 0 bridgehead atoms. The number of fused-ring (bicyclic) bond motifs is 1. The van der Waals surface area contributed by atoms with Crippen LogP contribution < -0.4 is 5.32 Å². The lowest BCUT2D eigenvalue weighted by atomic mass is 10.2. The fourth-order valence-corrected chi connectivity index (χ4v) is 3.14. The number of thioether (sulfide) groups is 1. The van der Waals surface area contributed by atoms with E-state index < -0.39 is 0 Å². The number of ether oxygens (including phenoxy) is 1. The third-order valence-corrected chi connectivity index (χ3v) is 4.50. The zero-order valence-electron chi connectivity index (χ0n) is 13.5. The van der Waals surface area contributed by atoms with Crippen LogP contribution in [0.2, 0.25) is 0 Å². The Hall–Kier alpha value is -2.67. The molecule has 7 heteroatoms. The normalized spacial score (nSPS) is 10.6. The number of hydrogen-bond acceptors (Lipinski definition) is 6. The monoisotopic (exact) mass is 357 g/mol. The van der Waals surface area contributed by atoms with Gasteiger partial charge in [0.05, 0.1) is 12.9 Å². The summed E-state index contributed by atoms with van der Waals surface area (Å²) < 4.78 is 18.5. The molecule has 128 valence electrons. The maximum absolute atomic E-state index is 13.8. The molecule has 0 fully saturated rings. The molecule has 25 heavy (non-hydrogen) atoms. The molecule has 0 amide bonds. The third-order valence-electron chi connectivity index (χ3n) is 3.52. The van der Waals surface area contributed by atoms with Crippen LogP contribution >= 0.6 is 11.8 Å². The van der Waals surface area contributed by atoms with Gasteiger partial charge in [0.25, 0.3) is 0 Å². The van der Waals surface area contributed by atoms with E-state index in [0.29, 0.717) is 22.7 Å². The average Bonchev–Trinajstić information content (AvgIpc) is 2.63. The highest BCUT2D eigenvalue weighted by atomic mass is 32.2. The van der Waals surface area contributed by atoms with E-state index in [1.54, 1.807) is 12.1 Å². The molecule has 0 atom stereocenters. The van der Waals surface area contributed by atoms with Crippen molar-refractivity contribution in [2.24, 2.45) is 0 Å². The molecule has 0 saturated carbocycles. The molecular formula is C18H16FN3O2S. The zero-order valence-corrected chi connectivity index (χ0v) is 14.3. The molecule has 0 aliphatic rings. The number of nitrogens with one attached hydrogen (secondary N) is 1. The Bertz CT molecular complexity index is 904. The largest absolute Gasteiger partial charge is 0.468 e. The number of nitrogens with zero attached hydrogens (tertiary/aromatic N) is 2. The van der Waals surface area contributed by atoms with Crippen molar-refractivity contribution >= 4 is 40.1 Å². The van der Waals surface area contributed by atoms with Crippen molar-refractivity contribution in [2.45, 2.75) is 5.75 Å². The Morgan fingerprint density at radius 1 is 1.24 bits per heavy atom. The van der Waals surface area contributed by atoms with E-state index in [0.717, 1.165) is 11.3 Å². The van der Waals surface area contributed by atoms with Crippen LogP contribution in [0.4, 0.5) is 15.9 Å². The summed E-state index contributed by atoms with van der Waals surface area (Å²) in [4.78, 5) is 19.4. The number of esters is 1. The van der Waals surface area contributed by atoms with E-state index in [1.807, 2.05) is 24.3 Å². The molecule has 1 aromatic heterocycles. The maximum Gasteiger partial charge on any atom is 0.315 e. The van der Waals surface area contributed by atoms with Crippen LogP contribution in [0.1, 0.15) is 5.56 Å². The fraction of sp³-hybridized carbons (Fsp3) is 0.167. The second-order valence-electron chi connectivity index (χ2n) is 5.25. The van der Waals surface area contributed by atoms with Crippen LogP contribution in [0, 0.1) is 5.82 Å². The number of methoxy groups -OCH3 is 1. The van der Waals surface area contributed by atoms with Crippen LogP contribution in [-0.4, -0.2) is 28.8 Å². The molecule has 0 aliphatic heterocycles. The number of carbonyl (C=O) groups excluding carboxylic acids is 1. The minimum Gasteiger partial charge on any atom is -0.468 e. The molecular weight excluding hydrogens is 341 g/mol. The standard InChI is InChI=1S/C18H16FN3O2S/c1-24-16(23)10-25-9-12-4-2-5-13(8-12)22-18-14-6-3-7-15(19)17(14)20-11-21-18/h2-8,11H,9-10H2,1H3,(H,20,21,22). The van der Waals surface area contributed by atoms with Gasteiger partial charge in [-0.2, -0.15) is 0 Å². The van der Waals surface area contributed by atoms with Gasteiger partial charge in [0.1, 0.15) is 23.5 Å². The van der Waals surface area contributed by atoms with Crippen LogP contribution in [0.5, 0.6) is 0 Å². The molecule has 2 aromatic carbocycles. The first kappa shape index (κ1) is 17.2.